The molecule has 0 bridgehead atoms. The quantitative estimate of drug-likeness (QED) is 0.636. The zero-order valence-corrected chi connectivity index (χ0v) is 17.2. The van der Waals surface area contributed by atoms with Gasteiger partial charge in [0.2, 0.25) is 5.91 Å². The Morgan fingerprint density at radius 3 is 2.21 bits per heavy atom. The number of hydrogen-bond donors (Lipinski definition) is 1. The molecule has 0 heterocycles. The standard InChI is InChI=1S/C23H30N2O3/c1-17-8-10-18(11-9-17)21(25(2)3)16-24-23(27)7-5-6-22(26)19-12-14-20(28-4)15-13-19/h8-15,21H,5-7,16H2,1-4H3,(H,24,27). The minimum atomic E-state index is -0.0264. The summed E-state index contributed by atoms with van der Waals surface area (Å²) in [6.45, 7) is 2.60. The van der Waals surface area contributed by atoms with Gasteiger partial charge in [-0.2, -0.15) is 0 Å². The molecular weight excluding hydrogens is 352 g/mol. The number of ether oxygens (including phenoxy) is 1. The van der Waals surface area contributed by atoms with Gasteiger partial charge in [-0.3, -0.25) is 9.59 Å². The van der Waals surface area contributed by atoms with Crippen LogP contribution in [-0.4, -0.2) is 44.3 Å². The van der Waals surface area contributed by atoms with E-state index in [1.54, 1.807) is 31.4 Å². The van der Waals surface area contributed by atoms with E-state index in [4.69, 9.17) is 4.74 Å². The third-order valence-corrected chi connectivity index (χ3v) is 4.80. The van der Waals surface area contributed by atoms with Gasteiger partial charge in [-0.15, -0.1) is 0 Å². The Morgan fingerprint density at radius 2 is 1.64 bits per heavy atom. The number of nitrogens with zero attached hydrogens (tertiary/aromatic N) is 1. The molecule has 2 aromatic carbocycles. The van der Waals surface area contributed by atoms with E-state index in [0.717, 1.165) is 5.75 Å². The highest BCUT2D eigenvalue weighted by atomic mass is 16.5. The van der Waals surface area contributed by atoms with Crippen molar-refractivity contribution in [3.63, 3.8) is 0 Å². The van der Waals surface area contributed by atoms with E-state index >= 15 is 0 Å². The van der Waals surface area contributed by atoms with Crippen LogP contribution in [0.15, 0.2) is 48.5 Å². The third-order valence-electron chi connectivity index (χ3n) is 4.80. The molecule has 0 saturated heterocycles. The fraction of sp³-hybridized carbons (Fsp3) is 0.391. The number of Topliss-reactive ketones (excluding diaryl/α,β-unsaturated/α-hetero) is 1. The summed E-state index contributed by atoms with van der Waals surface area (Å²) in [5, 5.41) is 3.00. The second-order valence-corrected chi connectivity index (χ2v) is 7.20. The Balaban J connectivity index is 1.77. The predicted octanol–water partition coefficient (Wildman–Crippen LogP) is 3.78. The van der Waals surface area contributed by atoms with Crippen molar-refractivity contribution >= 4 is 11.7 Å². The van der Waals surface area contributed by atoms with Crippen molar-refractivity contribution in [1.82, 2.24) is 10.2 Å². The molecule has 0 aliphatic heterocycles. The maximum Gasteiger partial charge on any atom is 0.220 e. The fourth-order valence-electron chi connectivity index (χ4n) is 3.02. The molecule has 28 heavy (non-hydrogen) atoms. The van der Waals surface area contributed by atoms with E-state index in [0.29, 0.717) is 31.4 Å². The molecule has 1 unspecified atom stereocenters. The number of aryl methyl sites for hydroxylation is 1. The Morgan fingerprint density at radius 1 is 1.00 bits per heavy atom. The lowest BCUT2D eigenvalue weighted by molar-refractivity contribution is -0.121. The molecule has 0 aliphatic rings. The molecule has 2 aromatic rings. The van der Waals surface area contributed by atoms with Gasteiger partial charge in [-0.25, -0.2) is 0 Å². The molecule has 5 heteroatoms. The number of hydrogen-bond acceptors (Lipinski definition) is 4. The molecule has 0 fully saturated rings. The first-order valence-corrected chi connectivity index (χ1v) is 9.57. The van der Waals surface area contributed by atoms with Crippen LogP contribution < -0.4 is 10.1 Å². The maximum absolute atomic E-state index is 12.2. The molecule has 0 aliphatic carbocycles. The lowest BCUT2D eigenvalue weighted by atomic mass is 10.0. The molecule has 2 rings (SSSR count). The topological polar surface area (TPSA) is 58.6 Å². The summed E-state index contributed by atoms with van der Waals surface area (Å²) in [4.78, 5) is 26.5. The monoisotopic (exact) mass is 382 g/mol. The zero-order valence-electron chi connectivity index (χ0n) is 17.2. The SMILES string of the molecule is COc1ccc(C(=O)CCCC(=O)NCC(c2ccc(C)cc2)N(C)C)cc1. The lowest BCUT2D eigenvalue weighted by Gasteiger charge is -2.25. The van der Waals surface area contributed by atoms with Crippen molar-refractivity contribution in [2.24, 2.45) is 0 Å². The van der Waals surface area contributed by atoms with Crippen LogP contribution in [0, 0.1) is 6.92 Å². The zero-order chi connectivity index (χ0) is 20.5. The highest BCUT2D eigenvalue weighted by molar-refractivity contribution is 5.96. The van der Waals surface area contributed by atoms with E-state index in [-0.39, 0.29) is 17.7 Å². The first-order chi connectivity index (χ1) is 13.4. The molecule has 1 atom stereocenters. The van der Waals surface area contributed by atoms with Crippen LogP contribution in [0.5, 0.6) is 5.75 Å². The molecule has 0 radical (unpaired) electrons. The molecule has 0 aromatic heterocycles. The fourth-order valence-corrected chi connectivity index (χ4v) is 3.02. The summed E-state index contributed by atoms with van der Waals surface area (Å²) in [5.41, 5.74) is 3.03. The molecule has 5 nitrogen and oxygen atoms in total. The number of nitrogens with one attached hydrogen (secondary N) is 1. The van der Waals surface area contributed by atoms with Crippen LogP contribution in [-0.2, 0) is 4.79 Å². The third kappa shape index (κ3) is 6.50. The first-order valence-electron chi connectivity index (χ1n) is 9.57. The number of likely N-dealkylation sites (N-methyl/N-ethyl adjacent to an activating group) is 1. The Bertz CT molecular complexity index is 767. The minimum Gasteiger partial charge on any atom is -0.497 e. The van der Waals surface area contributed by atoms with Gasteiger partial charge in [-0.05, 0) is 57.3 Å². The molecular formula is C23H30N2O3. The second kappa shape index (κ2) is 10.6. The number of carbonyl (C=O) groups is 2. The van der Waals surface area contributed by atoms with Crippen molar-refractivity contribution in [2.45, 2.75) is 32.2 Å². The van der Waals surface area contributed by atoms with E-state index in [2.05, 4.69) is 41.4 Å². The molecule has 0 saturated carbocycles. The van der Waals surface area contributed by atoms with Gasteiger partial charge in [0, 0.05) is 24.9 Å². The van der Waals surface area contributed by atoms with E-state index in [1.165, 1.54) is 11.1 Å². The second-order valence-electron chi connectivity index (χ2n) is 7.20. The van der Waals surface area contributed by atoms with Crippen molar-refractivity contribution in [3.05, 3.63) is 65.2 Å². The normalized spacial score (nSPS) is 11.9. The van der Waals surface area contributed by atoms with Gasteiger partial charge in [0.1, 0.15) is 5.75 Å². The van der Waals surface area contributed by atoms with Gasteiger partial charge in [0.05, 0.1) is 13.2 Å². The Hall–Kier alpha value is -2.66. The van der Waals surface area contributed by atoms with Gasteiger partial charge >= 0.3 is 0 Å². The molecule has 0 spiro atoms. The van der Waals surface area contributed by atoms with E-state index < -0.39 is 0 Å². The van der Waals surface area contributed by atoms with E-state index in [9.17, 15) is 9.59 Å². The average molecular weight is 383 g/mol. The highest BCUT2D eigenvalue weighted by Gasteiger charge is 2.15. The molecule has 1 amide bonds. The summed E-state index contributed by atoms with van der Waals surface area (Å²) in [5.74, 6) is 0.739. The number of methoxy groups -OCH3 is 1. The average Bonchev–Trinajstić information content (AvgIpc) is 2.69. The summed E-state index contributed by atoms with van der Waals surface area (Å²) in [7, 11) is 5.60. The minimum absolute atomic E-state index is 0.0264. The van der Waals surface area contributed by atoms with Gasteiger partial charge in [-0.1, -0.05) is 29.8 Å². The van der Waals surface area contributed by atoms with Crippen molar-refractivity contribution in [2.75, 3.05) is 27.7 Å². The molecule has 150 valence electrons. The van der Waals surface area contributed by atoms with Crippen LogP contribution in [0.25, 0.3) is 0 Å². The van der Waals surface area contributed by atoms with Crippen molar-refractivity contribution < 1.29 is 14.3 Å². The smallest absolute Gasteiger partial charge is 0.220 e. The van der Waals surface area contributed by atoms with Crippen molar-refractivity contribution in [1.29, 1.82) is 0 Å². The van der Waals surface area contributed by atoms with Crippen LogP contribution in [0.3, 0.4) is 0 Å². The number of rotatable bonds is 10. The number of carbonyl (C=O) groups excluding carboxylic acids is 2. The van der Waals surface area contributed by atoms with Gasteiger partial charge in [0.15, 0.2) is 5.78 Å². The van der Waals surface area contributed by atoms with Crippen LogP contribution in [0.2, 0.25) is 0 Å². The van der Waals surface area contributed by atoms with Crippen molar-refractivity contribution in [3.8, 4) is 5.75 Å². The summed E-state index contributed by atoms with van der Waals surface area (Å²) >= 11 is 0. The van der Waals surface area contributed by atoms with Crippen LogP contribution >= 0.6 is 0 Å². The Kier molecular flexibility index (Phi) is 8.20. The Labute approximate surface area is 167 Å². The maximum atomic E-state index is 12.2. The highest BCUT2D eigenvalue weighted by Crippen LogP contribution is 2.18. The number of benzene rings is 2. The lowest BCUT2D eigenvalue weighted by Crippen LogP contribution is -2.34. The van der Waals surface area contributed by atoms with Crippen LogP contribution in [0.1, 0.15) is 46.8 Å². The largest absolute Gasteiger partial charge is 0.497 e. The van der Waals surface area contributed by atoms with Gasteiger partial charge < -0.3 is 15.0 Å². The number of amides is 1. The number of ketones is 1. The van der Waals surface area contributed by atoms with E-state index in [1.807, 2.05) is 14.1 Å². The van der Waals surface area contributed by atoms with Gasteiger partial charge in [0.25, 0.3) is 0 Å². The summed E-state index contributed by atoms with van der Waals surface area (Å²) < 4.78 is 5.09. The summed E-state index contributed by atoms with van der Waals surface area (Å²) in [6.07, 6.45) is 1.23. The summed E-state index contributed by atoms with van der Waals surface area (Å²) in [6, 6.07) is 15.5. The molecule has 1 N–H and O–H groups in total. The van der Waals surface area contributed by atoms with Crippen LogP contribution in [0.4, 0.5) is 0 Å². The predicted molar refractivity (Wildman–Crippen MR) is 112 cm³/mol. The first kappa shape index (κ1) is 21.6.